The second kappa shape index (κ2) is 3.82. The lowest BCUT2D eigenvalue weighted by Crippen LogP contribution is -2.50. The van der Waals surface area contributed by atoms with Gasteiger partial charge in [0.05, 0.1) is 6.04 Å². The van der Waals surface area contributed by atoms with E-state index in [9.17, 15) is 9.59 Å². The van der Waals surface area contributed by atoms with Gasteiger partial charge in [0.25, 0.3) is 0 Å². The molecule has 1 heterocycles. The summed E-state index contributed by atoms with van der Waals surface area (Å²) in [5, 5.41) is 0. The summed E-state index contributed by atoms with van der Waals surface area (Å²) in [6.07, 6.45) is 1.13. The van der Waals surface area contributed by atoms with Crippen LogP contribution in [0.15, 0.2) is 0 Å². The largest absolute Gasteiger partial charge is 0.332 e. The van der Waals surface area contributed by atoms with Crippen molar-refractivity contribution in [2.24, 2.45) is 22.7 Å². The third-order valence-electron chi connectivity index (χ3n) is 4.06. The molecule has 1 amide bonds. The molecule has 0 radical (unpaired) electrons. The lowest BCUT2D eigenvalue weighted by Gasteiger charge is -2.35. The van der Waals surface area contributed by atoms with E-state index < -0.39 is 5.41 Å². The Balaban J connectivity index is 2.22. The van der Waals surface area contributed by atoms with Gasteiger partial charge in [-0.25, -0.2) is 0 Å². The minimum absolute atomic E-state index is 0.123. The molecule has 102 valence electrons. The number of amides is 1. The van der Waals surface area contributed by atoms with Gasteiger partial charge in [-0.2, -0.15) is 0 Å². The van der Waals surface area contributed by atoms with Crippen molar-refractivity contribution in [2.45, 2.75) is 54.0 Å². The zero-order chi connectivity index (χ0) is 13.9. The van der Waals surface area contributed by atoms with Gasteiger partial charge in [-0.3, -0.25) is 9.59 Å². The highest BCUT2D eigenvalue weighted by Gasteiger charge is 2.58. The second-order valence-electron chi connectivity index (χ2n) is 7.93. The molecule has 0 aromatic rings. The Bertz CT molecular complexity index is 386. The van der Waals surface area contributed by atoms with Crippen molar-refractivity contribution in [3.05, 3.63) is 0 Å². The highest BCUT2D eigenvalue weighted by atomic mass is 16.2. The topological polar surface area (TPSA) is 37.4 Å². The van der Waals surface area contributed by atoms with Crippen LogP contribution in [-0.2, 0) is 9.59 Å². The van der Waals surface area contributed by atoms with E-state index >= 15 is 0 Å². The predicted molar refractivity (Wildman–Crippen MR) is 71.0 cm³/mol. The molecule has 0 aromatic carbocycles. The van der Waals surface area contributed by atoms with Crippen molar-refractivity contribution in [3.8, 4) is 0 Å². The number of hydrogen-bond acceptors (Lipinski definition) is 2. The maximum Gasteiger partial charge on any atom is 0.228 e. The maximum absolute atomic E-state index is 12.6. The summed E-state index contributed by atoms with van der Waals surface area (Å²) in [5.74, 6) is 1.36. The summed E-state index contributed by atoms with van der Waals surface area (Å²) in [5.41, 5.74) is -0.758. The Hall–Kier alpha value is -0.860. The molecule has 0 bridgehead atoms. The number of nitrogens with zero attached hydrogens (tertiary/aromatic N) is 1. The number of piperidine rings is 1. The molecule has 2 aliphatic rings. The molecule has 0 N–H and O–H groups in total. The lowest BCUT2D eigenvalue weighted by atomic mass is 9.83. The Labute approximate surface area is 110 Å². The van der Waals surface area contributed by atoms with Gasteiger partial charge in [0.2, 0.25) is 5.91 Å². The summed E-state index contributed by atoms with van der Waals surface area (Å²) in [7, 11) is 0. The normalized spacial score (nSPS) is 31.2. The Morgan fingerprint density at radius 2 is 1.56 bits per heavy atom. The number of likely N-dealkylation sites (tertiary alicyclic amines) is 1. The van der Waals surface area contributed by atoms with Crippen molar-refractivity contribution >= 4 is 11.7 Å². The monoisotopic (exact) mass is 251 g/mol. The average Bonchev–Trinajstić information content (AvgIpc) is 2.85. The maximum atomic E-state index is 12.6. The molecule has 1 saturated carbocycles. The van der Waals surface area contributed by atoms with Crippen LogP contribution in [0.2, 0.25) is 0 Å². The van der Waals surface area contributed by atoms with Crippen LogP contribution in [0.1, 0.15) is 48.0 Å². The van der Waals surface area contributed by atoms with E-state index in [1.807, 2.05) is 46.4 Å². The van der Waals surface area contributed by atoms with E-state index in [2.05, 4.69) is 0 Å². The van der Waals surface area contributed by atoms with Crippen LogP contribution < -0.4 is 0 Å². The van der Waals surface area contributed by atoms with Gasteiger partial charge >= 0.3 is 0 Å². The molecule has 1 aliphatic carbocycles. The molecule has 3 unspecified atom stereocenters. The Morgan fingerprint density at radius 1 is 1.00 bits per heavy atom. The number of Topliss-reactive ketones (excluding diaryl/α,β-unsaturated/α-hetero) is 1. The van der Waals surface area contributed by atoms with Gasteiger partial charge < -0.3 is 4.90 Å². The summed E-state index contributed by atoms with van der Waals surface area (Å²) in [6.45, 7) is 12.4. The van der Waals surface area contributed by atoms with Gasteiger partial charge in [0.1, 0.15) is 0 Å². The predicted octanol–water partition coefficient (Wildman–Crippen LogP) is 2.49. The van der Waals surface area contributed by atoms with Gasteiger partial charge in [0, 0.05) is 17.4 Å². The molecule has 0 spiro atoms. The van der Waals surface area contributed by atoms with E-state index in [4.69, 9.17) is 0 Å². The summed E-state index contributed by atoms with van der Waals surface area (Å²) in [6, 6.07) is -0.165. The van der Waals surface area contributed by atoms with Gasteiger partial charge in [-0.15, -0.1) is 0 Å². The summed E-state index contributed by atoms with van der Waals surface area (Å²) >= 11 is 0. The molecule has 2 fully saturated rings. The third-order valence-corrected chi connectivity index (χ3v) is 4.06. The fourth-order valence-corrected chi connectivity index (χ4v) is 2.88. The number of ketones is 1. The van der Waals surface area contributed by atoms with Crippen LogP contribution >= 0.6 is 0 Å². The third kappa shape index (κ3) is 2.19. The first kappa shape index (κ1) is 13.6. The molecule has 0 aromatic heterocycles. The second-order valence-corrected chi connectivity index (χ2v) is 7.93. The van der Waals surface area contributed by atoms with E-state index in [-0.39, 0.29) is 23.1 Å². The molecule has 18 heavy (non-hydrogen) atoms. The van der Waals surface area contributed by atoms with E-state index in [1.54, 1.807) is 0 Å². The number of carbonyl (C=O) groups is 2. The van der Waals surface area contributed by atoms with Crippen molar-refractivity contribution in [3.63, 3.8) is 0 Å². The first-order valence-corrected chi connectivity index (χ1v) is 6.89. The SMILES string of the molecule is CC(C)(C)C(=O)C1C2CC2CN1C(=O)C(C)(C)C. The number of hydrogen-bond donors (Lipinski definition) is 0. The Morgan fingerprint density at radius 3 is 2.00 bits per heavy atom. The highest BCUT2D eigenvalue weighted by molar-refractivity contribution is 5.94. The average molecular weight is 251 g/mol. The van der Waals surface area contributed by atoms with Crippen molar-refractivity contribution in [1.82, 2.24) is 4.90 Å². The first-order chi connectivity index (χ1) is 8.03. The van der Waals surface area contributed by atoms with Crippen LogP contribution in [-0.4, -0.2) is 29.2 Å². The minimum atomic E-state index is -0.396. The van der Waals surface area contributed by atoms with Crippen molar-refractivity contribution < 1.29 is 9.59 Å². The molecule has 2 rings (SSSR count). The number of carbonyl (C=O) groups excluding carboxylic acids is 2. The van der Waals surface area contributed by atoms with Gasteiger partial charge in [0.15, 0.2) is 5.78 Å². The highest BCUT2D eigenvalue weighted by Crippen LogP contribution is 2.51. The van der Waals surface area contributed by atoms with Gasteiger partial charge in [-0.05, 0) is 18.3 Å². The molecular weight excluding hydrogens is 226 g/mol. The van der Waals surface area contributed by atoms with Crippen LogP contribution in [0.25, 0.3) is 0 Å². The summed E-state index contributed by atoms with van der Waals surface area (Å²) in [4.78, 5) is 26.9. The number of fused-ring (bicyclic) bond motifs is 1. The van der Waals surface area contributed by atoms with E-state index in [0.29, 0.717) is 11.8 Å². The van der Waals surface area contributed by atoms with Gasteiger partial charge in [-0.1, -0.05) is 41.5 Å². The van der Waals surface area contributed by atoms with Crippen molar-refractivity contribution in [1.29, 1.82) is 0 Å². The zero-order valence-electron chi connectivity index (χ0n) is 12.4. The van der Waals surface area contributed by atoms with E-state index in [1.165, 1.54) is 0 Å². The summed E-state index contributed by atoms with van der Waals surface area (Å²) < 4.78 is 0. The zero-order valence-corrected chi connectivity index (χ0v) is 12.4. The molecule has 3 nitrogen and oxygen atoms in total. The molecule has 1 saturated heterocycles. The smallest absolute Gasteiger partial charge is 0.228 e. The molecule has 3 heteroatoms. The van der Waals surface area contributed by atoms with Crippen molar-refractivity contribution in [2.75, 3.05) is 6.54 Å². The van der Waals surface area contributed by atoms with Crippen LogP contribution in [0.4, 0.5) is 0 Å². The van der Waals surface area contributed by atoms with Crippen LogP contribution in [0.5, 0.6) is 0 Å². The minimum Gasteiger partial charge on any atom is -0.332 e. The molecule has 3 atom stereocenters. The van der Waals surface area contributed by atoms with Crippen LogP contribution in [0.3, 0.4) is 0 Å². The fraction of sp³-hybridized carbons (Fsp3) is 0.867. The quantitative estimate of drug-likeness (QED) is 0.718. The number of rotatable bonds is 1. The van der Waals surface area contributed by atoms with Crippen LogP contribution in [0, 0.1) is 22.7 Å². The fourth-order valence-electron chi connectivity index (χ4n) is 2.88. The Kier molecular flexibility index (Phi) is 2.88. The standard InChI is InChI=1S/C15H25NO2/c1-14(2,3)12(17)11-10-7-9(10)8-16(11)13(18)15(4,5)6/h9-11H,7-8H2,1-6H3. The first-order valence-electron chi connectivity index (χ1n) is 6.89. The molecule has 1 aliphatic heterocycles. The van der Waals surface area contributed by atoms with E-state index in [0.717, 1.165) is 13.0 Å². The lowest BCUT2D eigenvalue weighted by molar-refractivity contribution is -0.147. The molecular formula is C15H25NO2.